The number of fused-ring (bicyclic) bond motifs is 6. The summed E-state index contributed by atoms with van der Waals surface area (Å²) in [5.74, 6) is 0. The molecule has 0 atom stereocenters. The van der Waals surface area contributed by atoms with Gasteiger partial charge in [-0.25, -0.2) is 0 Å². The number of hydrogen-bond donors (Lipinski definition) is 1. The highest BCUT2D eigenvalue weighted by atomic mass is 15.0. The van der Waals surface area contributed by atoms with Gasteiger partial charge in [0.15, 0.2) is 0 Å². The molecule has 1 aliphatic carbocycles. The lowest BCUT2D eigenvalue weighted by Gasteiger charge is -2.22. The van der Waals surface area contributed by atoms with Crippen LogP contribution in [0.1, 0.15) is 25.0 Å². The molecule has 2 nitrogen and oxygen atoms in total. The molecule has 1 aliphatic rings. The molecule has 0 radical (unpaired) electrons. The van der Waals surface area contributed by atoms with Crippen LogP contribution in [0.5, 0.6) is 0 Å². The lowest BCUT2D eigenvalue weighted by Crippen LogP contribution is -2.15. The summed E-state index contributed by atoms with van der Waals surface area (Å²) in [6, 6.07) is 41.5. The van der Waals surface area contributed by atoms with Crippen molar-refractivity contribution in [2.75, 3.05) is 5.32 Å². The van der Waals surface area contributed by atoms with E-state index < -0.39 is 0 Å². The van der Waals surface area contributed by atoms with E-state index >= 15 is 0 Å². The molecule has 0 amide bonds. The molecule has 0 unspecified atom stereocenters. The van der Waals surface area contributed by atoms with E-state index in [1.54, 1.807) is 0 Å². The van der Waals surface area contributed by atoms with E-state index in [9.17, 15) is 0 Å². The molecule has 168 valence electrons. The quantitative estimate of drug-likeness (QED) is 0.285. The zero-order valence-corrected chi connectivity index (χ0v) is 19.9. The highest BCUT2D eigenvalue weighted by Gasteiger charge is 2.35. The molecule has 0 saturated heterocycles. The van der Waals surface area contributed by atoms with E-state index in [2.05, 4.69) is 139 Å². The average molecular weight is 451 g/mol. The summed E-state index contributed by atoms with van der Waals surface area (Å²) < 4.78 is 2.36. The SMILES string of the molecule is CC1(C)c2ccccc2-c2ccc(Nc3cccc4c3c3ccccc3n4-c3ccccc3)cc21. The van der Waals surface area contributed by atoms with Crippen LogP contribution >= 0.6 is 0 Å². The Balaban J connectivity index is 1.40. The molecule has 1 heterocycles. The minimum absolute atomic E-state index is 0.0149. The smallest absolute Gasteiger partial charge is 0.0562 e. The van der Waals surface area contributed by atoms with Crippen molar-refractivity contribution in [1.82, 2.24) is 4.57 Å². The van der Waals surface area contributed by atoms with E-state index in [1.807, 2.05) is 0 Å². The number of benzene rings is 5. The lowest BCUT2D eigenvalue weighted by molar-refractivity contribution is 0.660. The van der Waals surface area contributed by atoms with Crippen LogP contribution in [-0.2, 0) is 5.41 Å². The van der Waals surface area contributed by atoms with E-state index in [1.165, 1.54) is 49.7 Å². The summed E-state index contributed by atoms with van der Waals surface area (Å²) >= 11 is 0. The monoisotopic (exact) mass is 450 g/mol. The van der Waals surface area contributed by atoms with Crippen LogP contribution in [0.2, 0.25) is 0 Å². The first-order chi connectivity index (χ1) is 17.1. The molecule has 0 bridgehead atoms. The third-order valence-electron chi connectivity index (χ3n) is 7.57. The molecule has 7 rings (SSSR count). The average Bonchev–Trinajstić information content (AvgIpc) is 3.35. The van der Waals surface area contributed by atoms with Gasteiger partial charge in [-0.2, -0.15) is 0 Å². The molecular formula is C33H26N2. The molecule has 5 aromatic carbocycles. The number of nitrogens with one attached hydrogen (secondary N) is 1. The first kappa shape index (κ1) is 20.1. The zero-order chi connectivity index (χ0) is 23.6. The largest absolute Gasteiger partial charge is 0.355 e. The molecule has 35 heavy (non-hydrogen) atoms. The normalized spacial score (nSPS) is 13.7. The maximum Gasteiger partial charge on any atom is 0.0562 e. The zero-order valence-electron chi connectivity index (χ0n) is 19.9. The summed E-state index contributed by atoms with van der Waals surface area (Å²) in [5.41, 5.74) is 11.3. The van der Waals surface area contributed by atoms with Crippen LogP contribution in [-0.4, -0.2) is 4.57 Å². The van der Waals surface area contributed by atoms with E-state index in [4.69, 9.17) is 0 Å². The van der Waals surface area contributed by atoms with Crippen LogP contribution in [0.25, 0.3) is 38.6 Å². The fraction of sp³-hybridized carbons (Fsp3) is 0.0909. The summed E-state index contributed by atoms with van der Waals surface area (Å²) in [5, 5.41) is 6.28. The van der Waals surface area contributed by atoms with Crippen molar-refractivity contribution in [1.29, 1.82) is 0 Å². The van der Waals surface area contributed by atoms with Gasteiger partial charge >= 0.3 is 0 Å². The van der Waals surface area contributed by atoms with Crippen LogP contribution < -0.4 is 5.32 Å². The van der Waals surface area contributed by atoms with Crippen molar-refractivity contribution < 1.29 is 0 Å². The standard InChI is InChI=1S/C33H26N2/c1-33(2)27-15-8-6-13-24(27)25-20-19-22(21-28(25)33)34-29-16-10-18-31-32(29)26-14-7-9-17-30(26)35(31)23-11-4-3-5-12-23/h3-21,34H,1-2H3. The Morgan fingerprint density at radius 1 is 0.600 bits per heavy atom. The number of rotatable bonds is 3. The first-order valence-electron chi connectivity index (χ1n) is 12.2. The maximum absolute atomic E-state index is 3.78. The molecule has 6 aromatic rings. The number of anilines is 2. The van der Waals surface area contributed by atoms with E-state index in [-0.39, 0.29) is 5.41 Å². The van der Waals surface area contributed by atoms with Crippen LogP contribution in [0.4, 0.5) is 11.4 Å². The van der Waals surface area contributed by atoms with Gasteiger partial charge in [-0.15, -0.1) is 0 Å². The molecular weight excluding hydrogens is 424 g/mol. The van der Waals surface area contributed by atoms with Crippen molar-refractivity contribution in [3.63, 3.8) is 0 Å². The Kier molecular flexibility index (Phi) is 4.22. The van der Waals surface area contributed by atoms with Crippen molar-refractivity contribution in [3.05, 3.63) is 126 Å². The summed E-state index contributed by atoms with van der Waals surface area (Å²) in [6.07, 6.45) is 0. The van der Waals surface area contributed by atoms with Gasteiger partial charge in [0.25, 0.3) is 0 Å². The van der Waals surface area contributed by atoms with Gasteiger partial charge in [-0.1, -0.05) is 86.6 Å². The van der Waals surface area contributed by atoms with Gasteiger partial charge in [0.1, 0.15) is 0 Å². The summed E-state index contributed by atoms with van der Waals surface area (Å²) in [6.45, 7) is 4.66. The van der Waals surface area contributed by atoms with E-state index in [0.717, 1.165) is 11.4 Å². The predicted molar refractivity (Wildman–Crippen MR) is 148 cm³/mol. The summed E-state index contributed by atoms with van der Waals surface area (Å²) in [7, 11) is 0. The van der Waals surface area contributed by atoms with Gasteiger partial charge in [0.05, 0.1) is 11.0 Å². The molecule has 0 saturated carbocycles. The molecule has 1 N–H and O–H groups in total. The van der Waals surface area contributed by atoms with Crippen LogP contribution in [0, 0.1) is 0 Å². The second-order valence-electron chi connectivity index (χ2n) is 9.94. The van der Waals surface area contributed by atoms with Gasteiger partial charge < -0.3 is 9.88 Å². The highest BCUT2D eigenvalue weighted by molar-refractivity contribution is 6.15. The van der Waals surface area contributed by atoms with Crippen LogP contribution in [0.3, 0.4) is 0 Å². The molecule has 0 spiro atoms. The second kappa shape index (κ2) is 7.35. The maximum atomic E-state index is 3.78. The molecule has 2 heteroatoms. The van der Waals surface area contributed by atoms with Gasteiger partial charge in [0.2, 0.25) is 0 Å². The highest BCUT2D eigenvalue weighted by Crippen LogP contribution is 2.49. The minimum atomic E-state index is -0.0149. The second-order valence-corrected chi connectivity index (χ2v) is 9.94. The number of hydrogen-bond acceptors (Lipinski definition) is 1. The third kappa shape index (κ3) is 2.90. The Morgan fingerprint density at radius 3 is 2.20 bits per heavy atom. The molecule has 0 aliphatic heterocycles. The van der Waals surface area contributed by atoms with Crippen molar-refractivity contribution in [2.45, 2.75) is 19.3 Å². The Hall–Kier alpha value is -4.30. The van der Waals surface area contributed by atoms with Gasteiger partial charge in [-0.3, -0.25) is 0 Å². The van der Waals surface area contributed by atoms with Gasteiger partial charge in [0, 0.05) is 33.2 Å². The number of aromatic nitrogens is 1. The fourth-order valence-corrected chi connectivity index (χ4v) is 5.92. The third-order valence-corrected chi connectivity index (χ3v) is 7.57. The number of nitrogens with zero attached hydrogens (tertiary/aromatic N) is 1. The van der Waals surface area contributed by atoms with Crippen molar-refractivity contribution >= 4 is 33.2 Å². The number of para-hydroxylation sites is 2. The van der Waals surface area contributed by atoms with E-state index in [0.29, 0.717) is 0 Å². The van der Waals surface area contributed by atoms with Crippen molar-refractivity contribution in [2.24, 2.45) is 0 Å². The predicted octanol–water partition coefficient (Wildman–Crippen LogP) is 8.83. The Bertz CT molecular complexity index is 1740. The topological polar surface area (TPSA) is 17.0 Å². The van der Waals surface area contributed by atoms with Crippen molar-refractivity contribution in [3.8, 4) is 16.8 Å². The minimum Gasteiger partial charge on any atom is -0.355 e. The Labute approximate surface area is 205 Å². The fourth-order valence-electron chi connectivity index (χ4n) is 5.92. The lowest BCUT2D eigenvalue weighted by atomic mass is 9.82. The summed E-state index contributed by atoms with van der Waals surface area (Å²) in [4.78, 5) is 0. The Morgan fingerprint density at radius 2 is 1.31 bits per heavy atom. The van der Waals surface area contributed by atoms with Crippen LogP contribution in [0.15, 0.2) is 115 Å². The molecule has 0 fully saturated rings. The first-order valence-corrected chi connectivity index (χ1v) is 12.2. The molecule has 1 aromatic heterocycles. The van der Waals surface area contributed by atoms with Gasteiger partial charge in [-0.05, 0) is 64.7 Å².